The second-order valence-electron chi connectivity index (χ2n) is 6.93. The van der Waals surface area contributed by atoms with Gasteiger partial charge in [0.2, 0.25) is 0 Å². The molecule has 0 spiro atoms. The van der Waals surface area contributed by atoms with Crippen molar-refractivity contribution < 1.29 is 13.9 Å². The summed E-state index contributed by atoms with van der Waals surface area (Å²) in [6.45, 7) is 4.96. The smallest absolute Gasteiger partial charge is 0.316 e. The summed E-state index contributed by atoms with van der Waals surface area (Å²) in [5.41, 5.74) is 2.57. The van der Waals surface area contributed by atoms with Gasteiger partial charge in [0.1, 0.15) is 17.6 Å². The van der Waals surface area contributed by atoms with E-state index in [-0.39, 0.29) is 12.0 Å². The lowest BCUT2D eigenvalue weighted by molar-refractivity contribution is 0.0577. The third kappa shape index (κ3) is 3.88. The Morgan fingerprint density at radius 2 is 1.79 bits per heavy atom. The molecule has 1 amide bonds. The van der Waals surface area contributed by atoms with Crippen molar-refractivity contribution in [2.75, 3.05) is 13.1 Å². The van der Waals surface area contributed by atoms with Gasteiger partial charge in [0, 0.05) is 56.3 Å². The first kappa shape index (κ1) is 18.2. The minimum atomic E-state index is 0.00279. The van der Waals surface area contributed by atoms with E-state index in [2.05, 4.69) is 15.0 Å². The van der Waals surface area contributed by atoms with E-state index in [9.17, 15) is 4.79 Å². The molecule has 1 aliphatic heterocycles. The van der Waals surface area contributed by atoms with Crippen LogP contribution < -0.4 is 4.74 Å². The first-order valence-electron chi connectivity index (χ1n) is 9.35. The average molecular weight is 378 g/mol. The van der Waals surface area contributed by atoms with E-state index in [1.165, 1.54) is 0 Å². The van der Waals surface area contributed by atoms with Gasteiger partial charge in [-0.25, -0.2) is 9.97 Å². The van der Waals surface area contributed by atoms with Gasteiger partial charge in [-0.15, -0.1) is 0 Å². The maximum atomic E-state index is 12.7. The number of ether oxygens (including phenoxy) is 1. The summed E-state index contributed by atoms with van der Waals surface area (Å²) in [6, 6.07) is 5.99. The molecule has 1 fully saturated rings. The number of carbonyl (C=O) groups is 1. The number of hydrogen-bond acceptors (Lipinski definition) is 6. The highest BCUT2D eigenvalue weighted by molar-refractivity contribution is 5.95. The number of aromatic nitrogens is 3. The normalized spacial score (nSPS) is 14.9. The summed E-state index contributed by atoms with van der Waals surface area (Å²) in [5.74, 6) is 1.45. The number of pyridine rings is 1. The molecule has 0 bridgehead atoms. The lowest BCUT2D eigenvalue weighted by atomic mass is 10.1. The van der Waals surface area contributed by atoms with Crippen molar-refractivity contribution in [2.45, 2.75) is 32.8 Å². The molecular weight excluding hydrogens is 356 g/mol. The zero-order valence-corrected chi connectivity index (χ0v) is 16.0. The Morgan fingerprint density at radius 3 is 2.39 bits per heavy atom. The highest BCUT2D eigenvalue weighted by atomic mass is 16.5. The molecule has 0 unspecified atom stereocenters. The van der Waals surface area contributed by atoms with Crippen molar-refractivity contribution >= 4 is 5.91 Å². The predicted molar refractivity (Wildman–Crippen MR) is 103 cm³/mol. The van der Waals surface area contributed by atoms with Crippen LogP contribution in [0.2, 0.25) is 0 Å². The van der Waals surface area contributed by atoms with Crippen molar-refractivity contribution in [3.63, 3.8) is 0 Å². The van der Waals surface area contributed by atoms with Gasteiger partial charge in [0.15, 0.2) is 0 Å². The fraction of sp³-hybridized carbons (Fsp3) is 0.333. The van der Waals surface area contributed by atoms with Gasteiger partial charge in [-0.2, -0.15) is 0 Å². The van der Waals surface area contributed by atoms with Gasteiger partial charge in [-0.1, -0.05) is 0 Å². The number of furan rings is 1. The van der Waals surface area contributed by atoms with Crippen LogP contribution in [-0.2, 0) is 0 Å². The Kier molecular flexibility index (Phi) is 5.06. The van der Waals surface area contributed by atoms with E-state index in [1.54, 1.807) is 30.9 Å². The second kappa shape index (κ2) is 7.80. The van der Waals surface area contributed by atoms with E-state index in [1.807, 2.05) is 30.9 Å². The molecule has 144 valence electrons. The van der Waals surface area contributed by atoms with Crippen molar-refractivity contribution in [2.24, 2.45) is 0 Å². The van der Waals surface area contributed by atoms with Gasteiger partial charge in [0.05, 0.1) is 5.56 Å². The second-order valence-corrected chi connectivity index (χ2v) is 6.93. The highest BCUT2D eigenvalue weighted by Crippen LogP contribution is 2.22. The summed E-state index contributed by atoms with van der Waals surface area (Å²) in [5, 5.41) is 0. The third-order valence-electron chi connectivity index (χ3n) is 4.91. The van der Waals surface area contributed by atoms with Crippen molar-refractivity contribution in [1.29, 1.82) is 0 Å². The fourth-order valence-corrected chi connectivity index (χ4v) is 3.41. The number of carbonyl (C=O) groups excluding carboxylic acids is 1. The Labute approximate surface area is 163 Å². The molecule has 3 aromatic rings. The molecule has 0 aromatic carbocycles. The number of piperidine rings is 1. The van der Waals surface area contributed by atoms with Crippen LogP contribution in [-0.4, -0.2) is 45.0 Å². The molecular formula is C21H22N4O3. The molecule has 0 aliphatic carbocycles. The molecule has 0 radical (unpaired) electrons. The molecule has 1 saturated heterocycles. The minimum absolute atomic E-state index is 0.00279. The van der Waals surface area contributed by atoms with Gasteiger partial charge >= 0.3 is 6.01 Å². The largest absolute Gasteiger partial charge is 0.466 e. The molecule has 0 saturated carbocycles. The van der Waals surface area contributed by atoms with Crippen LogP contribution in [0.1, 0.15) is 34.7 Å². The summed E-state index contributed by atoms with van der Waals surface area (Å²) in [6.07, 6.45) is 8.47. The van der Waals surface area contributed by atoms with Crippen LogP contribution >= 0.6 is 0 Å². The average Bonchev–Trinajstić information content (AvgIpc) is 3.07. The standard InChI is InChI=1S/C21H22N4O3/c1-14-11-19(15(2)27-14)20(26)25-9-5-18(6-10-25)28-21-23-12-17(13-24-21)16-3-7-22-8-4-16/h3-4,7-8,11-13,18H,5-6,9-10H2,1-2H3. The molecule has 7 heteroatoms. The lowest BCUT2D eigenvalue weighted by Crippen LogP contribution is -2.42. The number of likely N-dealkylation sites (tertiary alicyclic amines) is 1. The predicted octanol–water partition coefficient (Wildman–Crippen LogP) is 3.43. The van der Waals surface area contributed by atoms with E-state index in [4.69, 9.17) is 9.15 Å². The van der Waals surface area contributed by atoms with Crippen molar-refractivity contribution in [3.8, 4) is 17.1 Å². The third-order valence-corrected chi connectivity index (χ3v) is 4.91. The zero-order chi connectivity index (χ0) is 19.5. The molecule has 7 nitrogen and oxygen atoms in total. The first-order chi connectivity index (χ1) is 13.6. The summed E-state index contributed by atoms with van der Waals surface area (Å²) in [7, 11) is 0. The fourth-order valence-electron chi connectivity index (χ4n) is 3.41. The van der Waals surface area contributed by atoms with Crippen molar-refractivity contribution in [3.05, 3.63) is 60.1 Å². The van der Waals surface area contributed by atoms with E-state index < -0.39 is 0 Å². The van der Waals surface area contributed by atoms with Crippen LogP contribution in [0.3, 0.4) is 0 Å². The van der Waals surface area contributed by atoms with Crippen LogP contribution in [0.15, 0.2) is 47.4 Å². The number of nitrogens with zero attached hydrogens (tertiary/aromatic N) is 4. The van der Waals surface area contributed by atoms with E-state index in [0.29, 0.717) is 30.4 Å². The molecule has 3 aromatic heterocycles. The van der Waals surface area contributed by atoms with Crippen LogP contribution in [0, 0.1) is 13.8 Å². The highest BCUT2D eigenvalue weighted by Gasteiger charge is 2.27. The molecule has 4 rings (SSSR count). The van der Waals surface area contributed by atoms with E-state index in [0.717, 1.165) is 29.7 Å². The van der Waals surface area contributed by atoms with Gasteiger partial charge in [-0.3, -0.25) is 9.78 Å². The maximum Gasteiger partial charge on any atom is 0.316 e. The number of amides is 1. The summed E-state index contributed by atoms with van der Waals surface area (Å²) >= 11 is 0. The first-order valence-corrected chi connectivity index (χ1v) is 9.35. The Bertz CT molecular complexity index is 946. The van der Waals surface area contributed by atoms with Crippen molar-refractivity contribution in [1.82, 2.24) is 19.9 Å². The molecule has 0 atom stereocenters. The number of aryl methyl sites for hydroxylation is 2. The number of hydrogen-bond donors (Lipinski definition) is 0. The van der Waals surface area contributed by atoms with Gasteiger partial charge in [-0.05, 0) is 37.6 Å². The summed E-state index contributed by atoms with van der Waals surface area (Å²) < 4.78 is 11.4. The zero-order valence-electron chi connectivity index (χ0n) is 16.0. The maximum absolute atomic E-state index is 12.7. The minimum Gasteiger partial charge on any atom is -0.466 e. The molecule has 1 aliphatic rings. The quantitative estimate of drug-likeness (QED) is 0.692. The number of rotatable bonds is 4. The van der Waals surface area contributed by atoms with Crippen LogP contribution in [0.4, 0.5) is 0 Å². The monoisotopic (exact) mass is 378 g/mol. The lowest BCUT2D eigenvalue weighted by Gasteiger charge is -2.31. The Balaban J connectivity index is 1.33. The molecule has 28 heavy (non-hydrogen) atoms. The topological polar surface area (TPSA) is 81.4 Å². The molecule has 0 N–H and O–H groups in total. The van der Waals surface area contributed by atoms with Crippen LogP contribution in [0.25, 0.3) is 11.1 Å². The van der Waals surface area contributed by atoms with E-state index >= 15 is 0 Å². The summed E-state index contributed by atoms with van der Waals surface area (Å²) in [4.78, 5) is 27.2. The van der Waals surface area contributed by atoms with Gasteiger partial charge in [0.25, 0.3) is 5.91 Å². The molecule has 4 heterocycles. The Morgan fingerprint density at radius 1 is 1.11 bits per heavy atom. The SMILES string of the molecule is Cc1cc(C(=O)N2CCC(Oc3ncc(-c4ccncc4)cn3)CC2)c(C)o1. The van der Waals surface area contributed by atoms with Gasteiger partial charge < -0.3 is 14.1 Å². The van der Waals surface area contributed by atoms with Crippen LogP contribution in [0.5, 0.6) is 6.01 Å². The Hall–Kier alpha value is -3.22.